The quantitative estimate of drug-likeness (QED) is 0.649. The largest absolute Gasteiger partial charge is 0.383 e. The molecule has 0 bridgehead atoms. The van der Waals surface area contributed by atoms with Crippen LogP contribution in [-0.2, 0) is 9.53 Å². The monoisotopic (exact) mass is 336 g/mol. The number of hydrogen-bond acceptors (Lipinski definition) is 4. The molecule has 0 unspecified atom stereocenters. The first-order valence-corrected chi connectivity index (χ1v) is 7.50. The summed E-state index contributed by atoms with van der Waals surface area (Å²) < 4.78 is 4.93. The lowest BCUT2D eigenvalue weighted by atomic mass is 9.96. The average molecular weight is 337 g/mol. The lowest BCUT2D eigenvalue weighted by Crippen LogP contribution is -2.47. The Labute approximate surface area is 139 Å². The Hall–Kier alpha value is -1.05. The molecule has 1 rings (SSSR count). The van der Waals surface area contributed by atoms with Gasteiger partial charge in [0.2, 0.25) is 5.91 Å². The Morgan fingerprint density at radius 3 is 2.36 bits per heavy atom. The van der Waals surface area contributed by atoms with E-state index in [1.54, 1.807) is 31.0 Å². The van der Waals surface area contributed by atoms with Gasteiger partial charge in [-0.3, -0.25) is 4.79 Å². The highest BCUT2D eigenvalue weighted by Gasteiger charge is 2.27. The van der Waals surface area contributed by atoms with Crippen LogP contribution in [0.1, 0.15) is 12.8 Å². The fourth-order valence-corrected chi connectivity index (χ4v) is 2.33. The molecule has 8 heteroatoms. The predicted octanol–water partition coefficient (Wildman–Crippen LogP) is 0.154. The minimum atomic E-state index is 0. The van der Waals surface area contributed by atoms with E-state index in [2.05, 4.69) is 10.6 Å². The van der Waals surface area contributed by atoms with Gasteiger partial charge in [0.25, 0.3) is 0 Å². The zero-order chi connectivity index (χ0) is 15.7. The number of nitrogens with zero attached hydrogens (tertiary/aromatic N) is 2. The van der Waals surface area contributed by atoms with Gasteiger partial charge in [0.15, 0.2) is 0 Å². The van der Waals surface area contributed by atoms with Crippen LogP contribution >= 0.6 is 12.4 Å². The number of amides is 3. The molecule has 0 aliphatic carbocycles. The van der Waals surface area contributed by atoms with E-state index in [0.29, 0.717) is 26.2 Å². The zero-order valence-electron chi connectivity index (χ0n) is 13.8. The maximum atomic E-state index is 12.0. The summed E-state index contributed by atoms with van der Waals surface area (Å²) in [6.45, 7) is 4.14. The molecule has 1 saturated heterocycles. The van der Waals surface area contributed by atoms with Crippen molar-refractivity contribution in [2.75, 3.05) is 60.5 Å². The molecular weight excluding hydrogens is 308 g/mol. The van der Waals surface area contributed by atoms with Crippen LogP contribution < -0.4 is 10.6 Å². The number of likely N-dealkylation sites (tertiary alicyclic amines) is 1. The first kappa shape index (κ1) is 20.9. The molecule has 130 valence electrons. The van der Waals surface area contributed by atoms with Crippen molar-refractivity contribution in [3.63, 3.8) is 0 Å². The van der Waals surface area contributed by atoms with Crippen molar-refractivity contribution in [3.8, 4) is 0 Å². The molecule has 1 aliphatic rings. The van der Waals surface area contributed by atoms with Gasteiger partial charge in [0, 0.05) is 59.8 Å². The minimum absolute atomic E-state index is 0. The third-order valence-electron chi connectivity index (χ3n) is 3.60. The van der Waals surface area contributed by atoms with Crippen LogP contribution in [0.5, 0.6) is 0 Å². The molecule has 2 N–H and O–H groups in total. The molecule has 0 aromatic carbocycles. The minimum Gasteiger partial charge on any atom is -0.383 e. The average Bonchev–Trinajstić information content (AvgIpc) is 2.49. The maximum Gasteiger partial charge on any atom is 0.319 e. The summed E-state index contributed by atoms with van der Waals surface area (Å²) >= 11 is 0. The fourth-order valence-electron chi connectivity index (χ4n) is 2.33. The number of nitrogens with one attached hydrogen (secondary N) is 2. The van der Waals surface area contributed by atoms with Crippen molar-refractivity contribution in [2.24, 2.45) is 5.92 Å². The molecule has 22 heavy (non-hydrogen) atoms. The second kappa shape index (κ2) is 11.5. The van der Waals surface area contributed by atoms with Crippen LogP contribution in [0.2, 0.25) is 0 Å². The van der Waals surface area contributed by atoms with E-state index in [1.807, 2.05) is 0 Å². The van der Waals surface area contributed by atoms with Gasteiger partial charge in [0.1, 0.15) is 0 Å². The number of carbonyl (C=O) groups excluding carboxylic acids is 2. The lowest BCUT2D eigenvalue weighted by molar-refractivity contribution is -0.126. The van der Waals surface area contributed by atoms with Crippen molar-refractivity contribution < 1.29 is 14.3 Å². The highest BCUT2D eigenvalue weighted by atomic mass is 35.5. The molecule has 0 spiro atoms. The molecule has 0 atom stereocenters. The van der Waals surface area contributed by atoms with Crippen molar-refractivity contribution in [3.05, 3.63) is 0 Å². The van der Waals surface area contributed by atoms with Gasteiger partial charge >= 0.3 is 6.03 Å². The Morgan fingerprint density at radius 1 is 1.18 bits per heavy atom. The van der Waals surface area contributed by atoms with Gasteiger partial charge < -0.3 is 25.2 Å². The zero-order valence-corrected chi connectivity index (χ0v) is 14.6. The first-order valence-electron chi connectivity index (χ1n) is 7.50. The van der Waals surface area contributed by atoms with E-state index in [-0.39, 0.29) is 30.3 Å². The van der Waals surface area contributed by atoms with Gasteiger partial charge in [-0.1, -0.05) is 0 Å². The number of hydrogen-bond donors (Lipinski definition) is 2. The number of piperidine rings is 1. The number of carbonyl (C=O) groups is 2. The Morgan fingerprint density at radius 2 is 1.82 bits per heavy atom. The van der Waals surface area contributed by atoms with E-state index < -0.39 is 0 Å². The number of urea groups is 1. The number of rotatable bonds is 7. The van der Waals surface area contributed by atoms with E-state index in [9.17, 15) is 9.59 Å². The van der Waals surface area contributed by atoms with Gasteiger partial charge in [-0.15, -0.1) is 12.4 Å². The Bertz CT molecular complexity index is 334. The lowest BCUT2D eigenvalue weighted by Gasteiger charge is -2.33. The Kier molecular flexibility index (Phi) is 11.0. The third-order valence-corrected chi connectivity index (χ3v) is 3.60. The summed E-state index contributed by atoms with van der Waals surface area (Å²) in [6.07, 6.45) is 1.48. The Balaban J connectivity index is 0.00000441. The van der Waals surface area contributed by atoms with Gasteiger partial charge in [-0.05, 0) is 12.8 Å². The van der Waals surface area contributed by atoms with Crippen molar-refractivity contribution in [1.29, 1.82) is 0 Å². The van der Waals surface area contributed by atoms with Crippen molar-refractivity contribution in [1.82, 2.24) is 20.4 Å². The molecular formula is C14H29ClN4O3. The maximum absolute atomic E-state index is 12.0. The normalized spacial score (nSPS) is 15.1. The predicted molar refractivity (Wildman–Crippen MR) is 88.4 cm³/mol. The van der Waals surface area contributed by atoms with E-state index >= 15 is 0 Å². The van der Waals surface area contributed by atoms with Crippen LogP contribution in [0.3, 0.4) is 0 Å². The number of halogens is 1. The summed E-state index contributed by atoms with van der Waals surface area (Å²) in [6, 6.07) is 0.0243. The van der Waals surface area contributed by atoms with Gasteiger partial charge in [0.05, 0.1) is 6.61 Å². The van der Waals surface area contributed by atoms with Crippen LogP contribution in [0.15, 0.2) is 0 Å². The first-order chi connectivity index (χ1) is 10.1. The molecule has 0 aromatic heterocycles. The highest BCUT2D eigenvalue weighted by Crippen LogP contribution is 2.17. The van der Waals surface area contributed by atoms with Gasteiger partial charge in [-0.2, -0.15) is 0 Å². The van der Waals surface area contributed by atoms with Crippen LogP contribution in [0, 0.1) is 5.92 Å². The molecule has 0 aromatic rings. The summed E-state index contributed by atoms with van der Waals surface area (Å²) in [5, 5.41) is 6.12. The number of ether oxygens (including phenoxy) is 1. The molecule has 1 fully saturated rings. The fraction of sp³-hybridized carbons (Fsp3) is 0.857. The molecule has 7 nitrogen and oxygen atoms in total. The van der Waals surface area contributed by atoms with Crippen molar-refractivity contribution >= 4 is 24.3 Å². The summed E-state index contributed by atoms with van der Waals surface area (Å²) in [4.78, 5) is 27.2. The van der Waals surface area contributed by atoms with Crippen LogP contribution in [0.25, 0.3) is 0 Å². The molecule has 0 radical (unpaired) electrons. The SMILES string of the molecule is COCCNCCNC(=O)C1CCN(C(=O)N(C)C)CC1.Cl. The van der Waals surface area contributed by atoms with E-state index in [4.69, 9.17) is 4.74 Å². The summed E-state index contributed by atoms with van der Waals surface area (Å²) in [7, 11) is 5.16. The van der Waals surface area contributed by atoms with Crippen LogP contribution in [-0.4, -0.2) is 82.3 Å². The summed E-state index contributed by atoms with van der Waals surface area (Å²) in [5.41, 5.74) is 0. The highest BCUT2D eigenvalue weighted by molar-refractivity contribution is 5.85. The second-order valence-corrected chi connectivity index (χ2v) is 5.47. The van der Waals surface area contributed by atoms with Gasteiger partial charge in [-0.25, -0.2) is 4.79 Å². The summed E-state index contributed by atoms with van der Waals surface area (Å²) in [5.74, 6) is 0.121. The molecule has 1 heterocycles. The number of methoxy groups -OCH3 is 1. The standard InChI is InChI=1S/C14H28N4O3.ClH/c1-17(2)14(20)18-9-4-12(5-10-18)13(19)16-7-6-15-8-11-21-3;/h12,15H,4-11H2,1-3H3,(H,16,19);1H. The topological polar surface area (TPSA) is 73.9 Å². The smallest absolute Gasteiger partial charge is 0.319 e. The van der Waals surface area contributed by atoms with Crippen LogP contribution in [0.4, 0.5) is 4.79 Å². The third kappa shape index (κ3) is 7.29. The molecule has 0 saturated carbocycles. The second-order valence-electron chi connectivity index (χ2n) is 5.47. The molecule has 1 aliphatic heterocycles. The molecule has 3 amide bonds. The van der Waals surface area contributed by atoms with Crippen molar-refractivity contribution in [2.45, 2.75) is 12.8 Å². The van der Waals surface area contributed by atoms with E-state index in [1.165, 1.54) is 0 Å². The van der Waals surface area contributed by atoms with E-state index in [0.717, 1.165) is 25.9 Å².